The number of hydrogen-bond donors (Lipinski definition) is 1. The normalized spacial score (nSPS) is 29.1. The van der Waals surface area contributed by atoms with Gasteiger partial charge in [0.2, 0.25) is 0 Å². The molecule has 2 fully saturated rings. The predicted octanol–water partition coefficient (Wildman–Crippen LogP) is 0.530. The van der Waals surface area contributed by atoms with E-state index < -0.39 is 34.4 Å². The molecule has 2 aliphatic heterocycles. The Hall–Kier alpha value is -1.62. The molecule has 3 rings (SSSR count). The van der Waals surface area contributed by atoms with Crippen molar-refractivity contribution in [1.82, 2.24) is 10.4 Å². The molecule has 2 aliphatic rings. The van der Waals surface area contributed by atoms with E-state index in [0.29, 0.717) is 19.4 Å². The number of nitrogens with one attached hydrogen (secondary N) is 1. The first-order chi connectivity index (χ1) is 12.3. The molecule has 10 heteroatoms. The molecular weight excluding hydrogens is 359 g/mol. The number of hydrogen-bond acceptors (Lipinski definition) is 7. The molecule has 1 amide bonds. The van der Waals surface area contributed by atoms with Gasteiger partial charge in [-0.25, -0.2) is 9.80 Å². The number of piperidine rings is 1. The minimum absolute atomic E-state index is 0.157. The summed E-state index contributed by atoms with van der Waals surface area (Å²) in [5, 5.41) is 1.69. The first-order valence-electron chi connectivity index (χ1n) is 8.35. The highest BCUT2D eigenvalue weighted by Crippen LogP contribution is 2.32. The predicted molar refractivity (Wildman–Crippen MR) is 93.6 cm³/mol. The van der Waals surface area contributed by atoms with Gasteiger partial charge >= 0.3 is 6.09 Å². The second kappa shape index (κ2) is 7.95. The molecule has 2 unspecified atom stereocenters. The second-order valence-corrected chi connectivity index (χ2v) is 8.04. The molecule has 0 spiro atoms. The molecule has 26 heavy (non-hydrogen) atoms. The van der Waals surface area contributed by atoms with E-state index in [1.165, 1.54) is 0 Å². The Bertz CT molecular complexity index is 732. The van der Waals surface area contributed by atoms with Gasteiger partial charge in [-0.05, 0) is 18.4 Å². The van der Waals surface area contributed by atoms with E-state index in [0.717, 1.165) is 11.8 Å². The number of carbonyl (C=O) groups is 1. The van der Waals surface area contributed by atoms with Gasteiger partial charge in [-0.2, -0.15) is 8.42 Å². The van der Waals surface area contributed by atoms with Crippen LogP contribution in [0.15, 0.2) is 30.3 Å². The summed E-state index contributed by atoms with van der Waals surface area (Å²) in [6, 6.07) is 8.52. The third-order valence-electron chi connectivity index (χ3n) is 4.35. The summed E-state index contributed by atoms with van der Waals surface area (Å²) in [4.78, 5) is 12.1. The molecule has 1 aromatic rings. The van der Waals surface area contributed by atoms with Crippen molar-refractivity contribution >= 4 is 24.1 Å². The van der Waals surface area contributed by atoms with Crippen LogP contribution >= 0.6 is 0 Å². The van der Waals surface area contributed by atoms with E-state index in [1.54, 1.807) is 5.01 Å². The Kier molecular flexibility index (Phi) is 5.86. The fourth-order valence-electron chi connectivity index (χ4n) is 3.30. The Balaban J connectivity index is 1.58. The lowest BCUT2D eigenvalue weighted by atomic mass is 9.91. The molecule has 140 valence electrons. The molecule has 2 saturated heterocycles. The van der Waals surface area contributed by atoms with Crippen LogP contribution in [0.5, 0.6) is 0 Å². The van der Waals surface area contributed by atoms with Crippen LogP contribution in [0.3, 0.4) is 0 Å². The topological polar surface area (TPSA) is 94.2 Å². The number of rotatable bonds is 5. The van der Waals surface area contributed by atoms with Gasteiger partial charge in [0.25, 0.3) is 10.1 Å². The minimum atomic E-state index is -3.61. The minimum Gasteiger partial charge on any atom is -0.444 e. The Morgan fingerprint density at radius 1 is 1.38 bits per heavy atom. The number of fused-ring (bicyclic) bond motifs is 1. The highest BCUT2D eigenvalue weighted by molar-refractivity contribution is 7.86. The van der Waals surface area contributed by atoms with E-state index in [1.807, 2.05) is 30.3 Å². The second-order valence-electron chi connectivity index (χ2n) is 6.44. The first kappa shape index (κ1) is 19.2. The molecule has 1 aromatic carbocycles. The van der Waals surface area contributed by atoms with Crippen molar-refractivity contribution in [3.05, 3.63) is 35.9 Å². The highest BCUT2D eigenvalue weighted by atomic mass is 32.2. The van der Waals surface area contributed by atoms with Gasteiger partial charge in [-0.1, -0.05) is 30.3 Å². The van der Waals surface area contributed by atoms with Crippen LogP contribution in [0.1, 0.15) is 18.4 Å². The molecule has 4 atom stereocenters. The van der Waals surface area contributed by atoms with Crippen LogP contribution in [0, 0.1) is 0 Å². The van der Waals surface area contributed by atoms with Crippen LogP contribution in [0.4, 0.5) is 4.79 Å². The van der Waals surface area contributed by atoms with Crippen molar-refractivity contribution in [3.63, 3.8) is 0 Å². The number of ether oxygens (including phenoxy) is 2. The lowest BCUT2D eigenvalue weighted by Crippen LogP contribution is -2.59. The summed E-state index contributed by atoms with van der Waals surface area (Å²) in [7, 11) is 2.24. The Morgan fingerprint density at radius 3 is 2.81 bits per heavy atom. The summed E-state index contributed by atoms with van der Waals surface area (Å²) < 4.78 is 38.8. The number of hydrazine groups is 1. The van der Waals surface area contributed by atoms with Crippen molar-refractivity contribution < 1.29 is 26.9 Å². The van der Waals surface area contributed by atoms with Crippen LogP contribution in [0.25, 0.3) is 0 Å². The van der Waals surface area contributed by atoms with Crippen LogP contribution in [0.2, 0.25) is 0 Å². The Labute approximate surface area is 154 Å². The molecular formula is C16H21BN2O6S. The molecule has 0 bridgehead atoms. The monoisotopic (exact) mass is 380 g/mol. The zero-order valence-electron chi connectivity index (χ0n) is 14.4. The molecule has 8 nitrogen and oxygen atoms in total. The summed E-state index contributed by atoms with van der Waals surface area (Å²) in [5.41, 5.74) is 3.58. The number of amides is 1. The number of carbonyl (C=O) groups excluding carboxylic acids is 1. The van der Waals surface area contributed by atoms with Gasteiger partial charge in [-0.15, -0.1) is 0 Å². The van der Waals surface area contributed by atoms with Crippen LogP contribution in [-0.2, 0) is 30.4 Å². The Morgan fingerprint density at radius 2 is 2.12 bits per heavy atom. The fraction of sp³-hybridized carbons (Fsp3) is 0.562. The molecule has 1 N–H and O–H groups in total. The summed E-state index contributed by atoms with van der Waals surface area (Å²) in [6.07, 6.45) is 0.0794. The van der Waals surface area contributed by atoms with Crippen LogP contribution < -0.4 is 5.43 Å². The molecule has 2 radical (unpaired) electrons. The first-order valence-corrected chi connectivity index (χ1v) is 10.2. The quantitative estimate of drug-likeness (QED) is 0.588. The highest BCUT2D eigenvalue weighted by Gasteiger charge is 2.47. The van der Waals surface area contributed by atoms with Gasteiger partial charge in [0.1, 0.15) is 26.7 Å². The maximum Gasteiger partial charge on any atom is 0.422 e. The lowest BCUT2D eigenvalue weighted by Gasteiger charge is -2.39. The summed E-state index contributed by atoms with van der Waals surface area (Å²) >= 11 is 0. The van der Waals surface area contributed by atoms with Gasteiger partial charge in [-0.3, -0.25) is 9.61 Å². The van der Waals surface area contributed by atoms with Crippen molar-refractivity contribution in [2.24, 2.45) is 0 Å². The van der Waals surface area contributed by atoms with Gasteiger partial charge in [0, 0.05) is 12.5 Å². The van der Waals surface area contributed by atoms with Gasteiger partial charge in [0.15, 0.2) is 0 Å². The fourth-order valence-corrected chi connectivity index (χ4v) is 3.95. The maximum absolute atomic E-state index is 12.1. The van der Waals surface area contributed by atoms with Crippen LogP contribution in [-0.4, -0.2) is 64.4 Å². The summed E-state index contributed by atoms with van der Waals surface area (Å²) in [6.45, 7) is 0.558. The third kappa shape index (κ3) is 4.97. The SMILES string of the molecule is [B][C@H]1CC2[C@H](O1)C(OS(C)(=O)=O)CCN2NC(=O)OCc1ccccc1. The molecule has 0 aromatic heterocycles. The van der Waals surface area contributed by atoms with Crippen molar-refractivity contribution in [2.75, 3.05) is 12.8 Å². The molecule has 2 heterocycles. The lowest BCUT2D eigenvalue weighted by molar-refractivity contribution is -0.0693. The number of benzene rings is 1. The molecule has 0 saturated carbocycles. The largest absolute Gasteiger partial charge is 0.444 e. The molecule has 0 aliphatic carbocycles. The van der Waals surface area contributed by atoms with Crippen molar-refractivity contribution in [3.8, 4) is 0 Å². The average Bonchev–Trinajstić information content (AvgIpc) is 2.97. The van der Waals surface area contributed by atoms with Gasteiger partial charge < -0.3 is 9.47 Å². The van der Waals surface area contributed by atoms with Crippen molar-refractivity contribution in [2.45, 2.75) is 43.7 Å². The maximum atomic E-state index is 12.1. The van der Waals surface area contributed by atoms with E-state index in [9.17, 15) is 13.2 Å². The average molecular weight is 380 g/mol. The van der Waals surface area contributed by atoms with E-state index in [-0.39, 0.29) is 12.6 Å². The van der Waals surface area contributed by atoms with Gasteiger partial charge in [0.05, 0.1) is 12.3 Å². The van der Waals surface area contributed by atoms with E-state index >= 15 is 0 Å². The van der Waals surface area contributed by atoms with E-state index in [4.69, 9.17) is 21.5 Å². The third-order valence-corrected chi connectivity index (χ3v) is 4.95. The smallest absolute Gasteiger partial charge is 0.422 e. The zero-order valence-corrected chi connectivity index (χ0v) is 15.2. The number of nitrogens with zero attached hydrogens (tertiary/aromatic N) is 1. The van der Waals surface area contributed by atoms with Crippen molar-refractivity contribution in [1.29, 1.82) is 0 Å². The zero-order chi connectivity index (χ0) is 18.7. The standard InChI is InChI=1S/C16H21BN2O6S/c1-26(21,22)25-13-7-8-19(12-9-14(17)24-15(12)13)18-16(20)23-10-11-5-3-2-4-6-11/h2-6,12-15H,7-10H2,1H3,(H,18,20)/t12?,13?,14-,15+/m1/s1. The van der Waals surface area contributed by atoms with E-state index in [2.05, 4.69) is 5.43 Å². The summed E-state index contributed by atoms with van der Waals surface area (Å²) in [5.74, 6) is 0.